The first-order valence-corrected chi connectivity index (χ1v) is 6.83. The molecule has 1 aromatic carbocycles. The van der Waals surface area contributed by atoms with E-state index < -0.39 is 0 Å². The van der Waals surface area contributed by atoms with E-state index in [-0.39, 0.29) is 18.0 Å². The van der Waals surface area contributed by atoms with Gasteiger partial charge in [0, 0.05) is 28.1 Å². The van der Waals surface area contributed by atoms with Gasteiger partial charge < -0.3 is 15.6 Å². The second-order valence-electron chi connectivity index (χ2n) is 4.11. The quantitative estimate of drug-likeness (QED) is 0.887. The molecule has 0 saturated heterocycles. The molecule has 0 spiro atoms. The summed E-state index contributed by atoms with van der Waals surface area (Å²) in [6.07, 6.45) is 1.43. The van der Waals surface area contributed by atoms with Gasteiger partial charge in [-0.3, -0.25) is 9.59 Å². The van der Waals surface area contributed by atoms with E-state index in [1.54, 1.807) is 18.2 Å². The molecule has 0 aliphatic heterocycles. The fourth-order valence-electron chi connectivity index (χ4n) is 1.60. The summed E-state index contributed by atoms with van der Waals surface area (Å²) in [5, 5.41) is 3.23. The number of carbonyl (C=O) groups is 1. The lowest BCUT2D eigenvalue weighted by atomic mass is 10.3. The normalized spacial score (nSPS) is 10.3. The summed E-state index contributed by atoms with van der Waals surface area (Å²) in [5.74, 6) is -0.327. The molecule has 7 heteroatoms. The smallest absolute Gasteiger partial charge is 0.251 e. The Morgan fingerprint density at radius 3 is 2.80 bits per heavy atom. The minimum Gasteiger partial charge on any atom is -0.398 e. The first kappa shape index (κ1) is 14.6. The lowest BCUT2D eigenvalue weighted by Crippen LogP contribution is -2.27. The zero-order chi connectivity index (χ0) is 14.7. The summed E-state index contributed by atoms with van der Waals surface area (Å²) in [7, 11) is 0. The highest BCUT2D eigenvalue weighted by atomic mass is 79.9. The van der Waals surface area contributed by atoms with E-state index in [1.807, 2.05) is 0 Å². The summed E-state index contributed by atoms with van der Waals surface area (Å²) in [6.45, 7) is -0.107. The molecule has 2 aromatic rings. The topological polar surface area (TPSA) is 77.1 Å². The maximum Gasteiger partial charge on any atom is 0.251 e. The van der Waals surface area contributed by atoms with Gasteiger partial charge in [-0.1, -0.05) is 11.6 Å². The number of pyridine rings is 1. The van der Waals surface area contributed by atoms with E-state index in [9.17, 15) is 9.59 Å². The van der Waals surface area contributed by atoms with Gasteiger partial charge in [-0.05, 0) is 40.2 Å². The van der Waals surface area contributed by atoms with E-state index in [4.69, 9.17) is 17.3 Å². The van der Waals surface area contributed by atoms with Gasteiger partial charge >= 0.3 is 0 Å². The second-order valence-corrected chi connectivity index (χ2v) is 5.37. The van der Waals surface area contributed by atoms with Crippen LogP contribution in [0.3, 0.4) is 0 Å². The Bertz CT molecular complexity index is 715. The lowest BCUT2D eigenvalue weighted by Gasteiger charge is -2.08. The number of aromatic nitrogens is 1. The van der Waals surface area contributed by atoms with Crippen LogP contribution in [0.2, 0.25) is 5.02 Å². The number of hydrogen-bond acceptors (Lipinski definition) is 3. The Morgan fingerprint density at radius 2 is 2.10 bits per heavy atom. The summed E-state index contributed by atoms with van der Waals surface area (Å²) < 4.78 is 1.92. The van der Waals surface area contributed by atoms with Crippen LogP contribution in [0.5, 0.6) is 0 Å². The Labute approximate surface area is 128 Å². The highest BCUT2D eigenvalue weighted by molar-refractivity contribution is 9.10. The molecule has 3 N–H and O–H groups in total. The van der Waals surface area contributed by atoms with Crippen molar-refractivity contribution >= 4 is 44.8 Å². The molecule has 20 heavy (non-hydrogen) atoms. The fraction of sp³-hybridized carbons (Fsp3) is 0.0769. The molecule has 0 bridgehead atoms. The summed E-state index contributed by atoms with van der Waals surface area (Å²) >= 11 is 9.14. The van der Waals surface area contributed by atoms with Gasteiger partial charge in [-0.15, -0.1) is 0 Å². The fourth-order valence-corrected chi connectivity index (χ4v) is 2.10. The van der Waals surface area contributed by atoms with Gasteiger partial charge in [0.05, 0.1) is 5.02 Å². The highest BCUT2D eigenvalue weighted by Crippen LogP contribution is 2.25. The second kappa shape index (κ2) is 6.11. The highest BCUT2D eigenvalue weighted by Gasteiger charge is 2.06. The summed E-state index contributed by atoms with van der Waals surface area (Å²) in [4.78, 5) is 23.4. The van der Waals surface area contributed by atoms with Crippen molar-refractivity contribution in [3.05, 3.63) is 56.4 Å². The number of nitrogen functional groups attached to an aromatic ring is 1. The van der Waals surface area contributed by atoms with Crippen LogP contribution >= 0.6 is 27.5 Å². The van der Waals surface area contributed by atoms with Crippen LogP contribution in [-0.2, 0) is 11.3 Å². The van der Waals surface area contributed by atoms with Crippen LogP contribution in [0, 0.1) is 0 Å². The predicted molar refractivity (Wildman–Crippen MR) is 82.9 cm³/mol. The molecule has 104 valence electrons. The van der Waals surface area contributed by atoms with Crippen molar-refractivity contribution in [3.8, 4) is 0 Å². The monoisotopic (exact) mass is 355 g/mol. The Morgan fingerprint density at radius 1 is 1.35 bits per heavy atom. The number of hydrogen-bond donors (Lipinski definition) is 2. The maximum atomic E-state index is 11.9. The minimum absolute atomic E-state index is 0.107. The van der Waals surface area contributed by atoms with Gasteiger partial charge in [0.2, 0.25) is 5.91 Å². The van der Waals surface area contributed by atoms with Gasteiger partial charge in [0.15, 0.2) is 0 Å². The van der Waals surface area contributed by atoms with Crippen molar-refractivity contribution in [1.29, 1.82) is 0 Å². The molecule has 1 heterocycles. The Balaban J connectivity index is 2.11. The number of carbonyl (C=O) groups excluding carboxylic acids is 1. The van der Waals surface area contributed by atoms with Crippen LogP contribution in [0.25, 0.3) is 0 Å². The molecular formula is C13H11BrClN3O2. The van der Waals surface area contributed by atoms with Crippen LogP contribution < -0.4 is 16.6 Å². The number of nitrogens with one attached hydrogen (secondary N) is 1. The van der Waals surface area contributed by atoms with E-state index in [0.717, 1.165) is 0 Å². The van der Waals surface area contributed by atoms with Crippen LogP contribution in [0.1, 0.15) is 0 Å². The molecule has 0 saturated carbocycles. The molecule has 0 fully saturated rings. The van der Waals surface area contributed by atoms with Gasteiger partial charge in [0.1, 0.15) is 6.54 Å². The van der Waals surface area contributed by atoms with Crippen LogP contribution in [-0.4, -0.2) is 10.5 Å². The largest absolute Gasteiger partial charge is 0.398 e. The van der Waals surface area contributed by atoms with E-state index in [1.165, 1.54) is 22.9 Å². The standard InChI is InChI=1S/C13H11BrClN3O2/c14-10-5-9(2-3-11(10)15)17-12(19)7-18-6-8(16)1-4-13(18)20/h1-6H,7,16H2,(H,17,19). The van der Waals surface area contributed by atoms with Crippen molar-refractivity contribution in [2.75, 3.05) is 11.1 Å². The van der Waals surface area contributed by atoms with Crippen LogP contribution in [0.15, 0.2) is 45.8 Å². The van der Waals surface area contributed by atoms with Gasteiger partial charge in [-0.25, -0.2) is 0 Å². The van der Waals surface area contributed by atoms with Crippen molar-refractivity contribution in [3.63, 3.8) is 0 Å². The molecule has 0 atom stereocenters. The summed E-state index contributed by atoms with van der Waals surface area (Å²) in [6, 6.07) is 7.83. The zero-order valence-corrected chi connectivity index (χ0v) is 12.6. The number of nitrogens with two attached hydrogens (primary N) is 1. The molecule has 0 radical (unpaired) electrons. The van der Waals surface area contributed by atoms with Crippen molar-refractivity contribution in [2.24, 2.45) is 0 Å². The first-order chi connectivity index (χ1) is 9.45. The predicted octanol–water partition coefficient (Wildman–Crippen LogP) is 2.49. The third kappa shape index (κ3) is 3.61. The average molecular weight is 357 g/mol. The third-order valence-electron chi connectivity index (χ3n) is 2.52. The van der Waals surface area contributed by atoms with Crippen LogP contribution in [0.4, 0.5) is 11.4 Å². The Kier molecular flexibility index (Phi) is 4.46. The number of rotatable bonds is 3. The number of amides is 1. The zero-order valence-electron chi connectivity index (χ0n) is 10.3. The molecule has 5 nitrogen and oxygen atoms in total. The SMILES string of the molecule is Nc1ccc(=O)n(CC(=O)Nc2ccc(Cl)c(Br)c2)c1. The lowest BCUT2D eigenvalue weighted by molar-refractivity contribution is -0.116. The molecule has 1 aromatic heterocycles. The molecule has 2 rings (SSSR count). The van der Waals surface area contributed by atoms with E-state index >= 15 is 0 Å². The Hall–Kier alpha value is -1.79. The van der Waals surface area contributed by atoms with Crippen molar-refractivity contribution in [2.45, 2.75) is 6.54 Å². The minimum atomic E-state index is -0.327. The number of benzene rings is 1. The maximum absolute atomic E-state index is 11.9. The van der Waals surface area contributed by atoms with Gasteiger partial charge in [-0.2, -0.15) is 0 Å². The van der Waals surface area contributed by atoms with E-state index in [2.05, 4.69) is 21.2 Å². The number of anilines is 2. The first-order valence-electron chi connectivity index (χ1n) is 5.66. The number of nitrogens with zero attached hydrogens (tertiary/aromatic N) is 1. The van der Waals surface area contributed by atoms with E-state index in [0.29, 0.717) is 20.9 Å². The third-order valence-corrected chi connectivity index (χ3v) is 3.74. The molecule has 0 aliphatic rings. The average Bonchev–Trinajstić information content (AvgIpc) is 2.38. The summed E-state index contributed by atoms with van der Waals surface area (Å²) in [5.41, 5.74) is 6.30. The van der Waals surface area contributed by atoms with Crippen molar-refractivity contribution in [1.82, 2.24) is 4.57 Å². The molecular weight excluding hydrogens is 346 g/mol. The van der Waals surface area contributed by atoms with Crippen molar-refractivity contribution < 1.29 is 4.79 Å². The number of halogens is 2. The molecule has 0 aliphatic carbocycles. The molecule has 1 amide bonds. The van der Waals surface area contributed by atoms with Gasteiger partial charge in [0.25, 0.3) is 5.56 Å². The molecule has 0 unspecified atom stereocenters.